The van der Waals surface area contributed by atoms with Crippen LogP contribution in [0.5, 0.6) is 5.75 Å². The number of anilines is 1. The quantitative estimate of drug-likeness (QED) is 0.822. The maximum atomic E-state index is 12.6. The molecule has 0 aliphatic carbocycles. The molecular formula is C18H22N2O4S. The molecule has 0 spiro atoms. The van der Waals surface area contributed by atoms with E-state index >= 15 is 0 Å². The van der Waals surface area contributed by atoms with Crippen molar-refractivity contribution in [3.05, 3.63) is 54.1 Å². The maximum absolute atomic E-state index is 12.6. The fourth-order valence-electron chi connectivity index (χ4n) is 2.40. The highest BCUT2D eigenvalue weighted by Crippen LogP contribution is 2.23. The van der Waals surface area contributed by atoms with Crippen molar-refractivity contribution in [2.75, 3.05) is 24.9 Å². The molecule has 7 heteroatoms. The average Bonchev–Trinajstić information content (AvgIpc) is 2.63. The molecule has 0 radical (unpaired) electrons. The summed E-state index contributed by atoms with van der Waals surface area (Å²) in [5.74, 6) is 0.356. The molecule has 0 bridgehead atoms. The van der Waals surface area contributed by atoms with Crippen molar-refractivity contribution in [1.82, 2.24) is 4.90 Å². The Balaban J connectivity index is 2.34. The molecule has 0 aliphatic heterocycles. The van der Waals surface area contributed by atoms with E-state index in [9.17, 15) is 13.2 Å². The Labute approximate surface area is 148 Å². The van der Waals surface area contributed by atoms with Gasteiger partial charge in [-0.25, -0.2) is 8.42 Å². The normalized spacial score (nSPS) is 11.0. The largest absolute Gasteiger partial charge is 0.497 e. The van der Waals surface area contributed by atoms with Gasteiger partial charge in [0.15, 0.2) is 0 Å². The Kier molecular flexibility index (Phi) is 6.03. The van der Waals surface area contributed by atoms with Gasteiger partial charge in [0.2, 0.25) is 0 Å². The Hall–Kier alpha value is -2.54. The first-order valence-corrected chi connectivity index (χ1v) is 9.46. The predicted molar refractivity (Wildman–Crippen MR) is 97.5 cm³/mol. The number of sulfonamides is 1. The second-order valence-corrected chi connectivity index (χ2v) is 6.99. The van der Waals surface area contributed by atoms with Gasteiger partial charge in [-0.2, -0.15) is 0 Å². The summed E-state index contributed by atoms with van der Waals surface area (Å²) in [4.78, 5) is 14.3. The zero-order chi connectivity index (χ0) is 18.4. The second-order valence-electron chi connectivity index (χ2n) is 5.30. The van der Waals surface area contributed by atoms with E-state index < -0.39 is 10.0 Å². The number of hydrogen-bond donors (Lipinski definition) is 1. The number of rotatable bonds is 7. The van der Waals surface area contributed by atoms with Gasteiger partial charge < -0.3 is 9.64 Å². The van der Waals surface area contributed by atoms with E-state index in [1.807, 2.05) is 13.8 Å². The van der Waals surface area contributed by atoms with Crippen LogP contribution in [0.25, 0.3) is 0 Å². The topological polar surface area (TPSA) is 75.7 Å². The van der Waals surface area contributed by atoms with Crippen molar-refractivity contribution in [2.24, 2.45) is 0 Å². The van der Waals surface area contributed by atoms with E-state index in [2.05, 4.69) is 4.72 Å². The fraction of sp³-hybridized carbons (Fsp3) is 0.278. The number of para-hydroxylation sites is 1. The summed E-state index contributed by atoms with van der Waals surface area (Å²) in [6, 6.07) is 12.6. The van der Waals surface area contributed by atoms with Crippen LogP contribution in [-0.2, 0) is 10.0 Å². The minimum Gasteiger partial charge on any atom is -0.497 e. The Morgan fingerprint density at radius 3 is 2.20 bits per heavy atom. The smallest absolute Gasteiger partial charge is 0.261 e. The van der Waals surface area contributed by atoms with Gasteiger partial charge in [-0.15, -0.1) is 0 Å². The van der Waals surface area contributed by atoms with Crippen LogP contribution in [0.15, 0.2) is 53.4 Å². The standard InChI is InChI=1S/C18H22N2O4S/c1-4-20(5-2)18(21)16-8-6-7-9-17(16)19-25(22,23)15-12-10-14(24-3)11-13-15/h6-13,19H,4-5H2,1-3H3. The number of nitrogens with zero attached hydrogens (tertiary/aromatic N) is 1. The fourth-order valence-corrected chi connectivity index (χ4v) is 3.48. The lowest BCUT2D eigenvalue weighted by molar-refractivity contribution is 0.0774. The molecule has 0 heterocycles. The zero-order valence-electron chi connectivity index (χ0n) is 14.5. The van der Waals surface area contributed by atoms with Crippen LogP contribution in [0.4, 0.5) is 5.69 Å². The third-order valence-corrected chi connectivity index (χ3v) is 5.20. The molecule has 0 saturated carbocycles. The molecule has 0 saturated heterocycles. The minimum atomic E-state index is -3.81. The highest BCUT2D eigenvalue weighted by Gasteiger charge is 2.20. The van der Waals surface area contributed by atoms with E-state index in [0.717, 1.165) is 0 Å². The first kappa shape index (κ1) is 18.8. The molecule has 134 valence electrons. The molecular weight excluding hydrogens is 340 g/mol. The van der Waals surface area contributed by atoms with Gasteiger partial charge in [0, 0.05) is 13.1 Å². The lowest BCUT2D eigenvalue weighted by atomic mass is 10.1. The van der Waals surface area contributed by atoms with Crippen LogP contribution in [0.3, 0.4) is 0 Å². The van der Waals surface area contributed by atoms with Crippen LogP contribution in [0, 0.1) is 0 Å². The van der Waals surface area contributed by atoms with Gasteiger partial charge in [-0.3, -0.25) is 9.52 Å². The summed E-state index contributed by atoms with van der Waals surface area (Å²) in [6.45, 7) is 4.86. The summed E-state index contributed by atoms with van der Waals surface area (Å²) in [6.07, 6.45) is 0. The molecule has 2 aromatic carbocycles. The van der Waals surface area contributed by atoms with Gasteiger partial charge in [0.25, 0.3) is 15.9 Å². The molecule has 0 unspecified atom stereocenters. The molecule has 25 heavy (non-hydrogen) atoms. The number of ether oxygens (including phenoxy) is 1. The number of methoxy groups -OCH3 is 1. The molecule has 6 nitrogen and oxygen atoms in total. The van der Waals surface area contributed by atoms with Crippen LogP contribution >= 0.6 is 0 Å². The Bertz CT molecular complexity index is 828. The molecule has 2 rings (SSSR count). The lowest BCUT2D eigenvalue weighted by Gasteiger charge is -2.20. The highest BCUT2D eigenvalue weighted by atomic mass is 32.2. The molecule has 0 aromatic heterocycles. The van der Waals surface area contributed by atoms with E-state index in [1.165, 1.54) is 19.2 Å². The summed E-state index contributed by atoms with van der Waals surface area (Å²) in [5.41, 5.74) is 0.582. The molecule has 0 fully saturated rings. The first-order chi connectivity index (χ1) is 11.9. The number of nitrogens with one attached hydrogen (secondary N) is 1. The molecule has 0 aliphatic rings. The third kappa shape index (κ3) is 4.30. The average molecular weight is 362 g/mol. The van der Waals surface area contributed by atoms with Gasteiger partial charge in [-0.05, 0) is 50.2 Å². The first-order valence-electron chi connectivity index (χ1n) is 7.98. The monoisotopic (exact) mass is 362 g/mol. The van der Waals surface area contributed by atoms with Crippen LogP contribution < -0.4 is 9.46 Å². The van der Waals surface area contributed by atoms with Crippen LogP contribution in [0.1, 0.15) is 24.2 Å². The zero-order valence-corrected chi connectivity index (χ0v) is 15.3. The van der Waals surface area contributed by atoms with Crippen LogP contribution in [0.2, 0.25) is 0 Å². The molecule has 1 amide bonds. The Morgan fingerprint density at radius 2 is 1.64 bits per heavy atom. The van der Waals surface area contributed by atoms with Crippen molar-refractivity contribution in [2.45, 2.75) is 18.7 Å². The number of amides is 1. The highest BCUT2D eigenvalue weighted by molar-refractivity contribution is 7.92. The predicted octanol–water partition coefficient (Wildman–Crippen LogP) is 2.98. The van der Waals surface area contributed by atoms with Crippen LogP contribution in [-0.4, -0.2) is 39.4 Å². The van der Waals surface area contributed by atoms with E-state index in [4.69, 9.17) is 4.74 Å². The van der Waals surface area contributed by atoms with Crippen molar-refractivity contribution < 1.29 is 17.9 Å². The molecule has 1 N–H and O–H groups in total. The van der Waals surface area contributed by atoms with Crippen molar-refractivity contribution in [1.29, 1.82) is 0 Å². The molecule has 0 atom stereocenters. The number of carbonyl (C=O) groups is 1. The maximum Gasteiger partial charge on any atom is 0.261 e. The summed E-state index contributed by atoms with van der Waals surface area (Å²) < 4.78 is 32.8. The SMILES string of the molecule is CCN(CC)C(=O)c1ccccc1NS(=O)(=O)c1ccc(OC)cc1. The molecule has 2 aromatic rings. The number of carbonyl (C=O) groups excluding carboxylic acids is 1. The second kappa shape index (κ2) is 8.02. The lowest BCUT2D eigenvalue weighted by Crippen LogP contribution is -2.31. The summed E-state index contributed by atoms with van der Waals surface area (Å²) in [5, 5.41) is 0. The van der Waals surface area contributed by atoms with E-state index in [0.29, 0.717) is 24.4 Å². The van der Waals surface area contributed by atoms with Gasteiger partial charge in [-0.1, -0.05) is 12.1 Å². The summed E-state index contributed by atoms with van der Waals surface area (Å²) >= 11 is 0. The third-order valence-electron chi connectivity index (χ3n) is 3.82. The number of hydrogen-bond acceptors (Lipinski definition) is 4. The van der Waals surface area contributed by atoms with E-state index in [1.54, 1.807) is 41.3 Å². The Morgan fingerprint density at radius 1 is 1.04 bits per heavy atom. The van der Waals surface area contributed by atoms with Crippen molar-refractivity contribution in [3.8, 4) is 5.75 Å². The van der Waals surface area contributed by atoms with Crippen molar-refractivity contribution >= 4 is 21.6 Å². The van der Waals surface area contributed by atoms with Crippen molar-refractivity contribution in [3.63, 3.8) is 0 Å². The number of benzene rings is 2. The van der Waals surface area contributed by atoms with Gasteiger partial charge >= 0.3 is 0 Å². The van der Waals surface area contributed by atoms with Gasteiger partial charge in [0.05, 0.1) is 23.3 Å². The van der Waals surface area contributed by atoms with Gasteiger partial charge in [0.1, 0.15) is 5.75 Å². The van der Waals surface area contributed by atoms with E-state index in [-0.39, 0.29) is 16.5 Å². The minimum absolute atomic E-state index is 0.0957. The summed E-state index contributed by atoms with van der Waals surface area (Å²) in [7, 11) is -2.30.